The number of nitrogens with one attached hydrogen (secondary N) is 2. The molecule has 0 unspecified atom stereocenters. The summed E-state index contributed by atoms with van der Waals surface area (Å²) in [5.74, 6) is 0. The molecule has 4 nitrogen and oxygen atoms in total. The van der Waals surface area contributed by atoms with E-state index in [0.717, 1.165) is 30.6 Å². The van der Waals surface area contributed by atoms with Crippen molar-refractivity contribution in [3.63, 3.8) is 0 Å². The molecular weight excluding hydrogens is 212 g/mol. The van der Waals surface area contributed by atoms with E-state index >= 15 is 0 Å². The first-order chi connectivity index (χ1) is 7.15. The number of aryl methyl sites for hydroxylation is 1. The van der Waals surface area contributed by atoms with Gasteiger partial charge >= 0.3 is 0 Å². The summed E-state index contributed by atoms with van der Waals surface area (Å²) >= 11 is 0. The highest BCUT2D eigenvalue weighted by atomic mass is 32.2. The van der Waals surface area contributed by atoms with Gasteiger partial charge in [0.1, 0.15) is 4.90 Å². The zero-order chi connectivity index (χ0) is 10.9. The summed E-state index contributed by atoms with van der Waals surface area (Å²) in [6.07, 6.45) is 1.99. The van der Waals surface area contributed by atoms with Crippen LogP contribution in [0.25, 0.3) is 0 Å². The van der Waals surface area contributed by atoms with Crippen molar-refractivity contribution in [1.82, 2.24) is 4.72 Å². The Morgan fingerprint density at radius 3 is 2.93 bits per heavy atom. The minimum Gasteiger partial charge on any atom is -0.384 e. The molecule has 0 amide bonds. The lowest BCUT2D eigenvalue weighted by Crippen LogP contribution is -2.22. The largest absolute Gasteiger partial charge is 0.384 e. The molecule has 1 heterocycles. The molecule has 1 aliphatic rings. The van der Waals surface area contributed by atoms with Crippen molar-refractivity contribution in [1.29, 1.82) is 0 Å². The maximum absolute atomic E-state index is 11.7. The van der Waals surface area contributed by atoms with E-state index in [1.54, 1.807) is 12.1 Å². The van der Waals surface area contributed by atoms with Gasteiger partial charge in [-0.15, -0.1) is 0 Å². The fourth-order valence-electron chi connectivity index (χ4n) is 1.81. The van der Waals surface area contributed by atoms with Gasteiger partial charge in [-0.2, -0.15) is 0 Å². The molecular formula is C10H14N2O2S. The first-order valence-corrected chi connectivity index (χ1v) is 6.43. The van der Waals surface area contributed by atoms with Crippen molar-refractivity contribution in [2.75, 3.05) is 18.9 Å². The van der Waals surface area contributed by atoms with Gasteiger partial charge in [0.2, 0.25) is 10.0 Å². The lowest BCUT2D eigenvalue weighted by atomic mass is 10.0. The molecule has 2 rings (SSSR count). The van der Waals surface area contributed by atoms with E-state index in [0.29, 0.717) is 4.90 Å². The van der Waals surface area contributed by atoms with Crippen LogP contribution in [-0.4, -0.2) is 22.0 Å². The summed E-state index contributed by atoms with van der Waals surface area (Å²) < 4.78 is 25.8. The van der Waals surface area contributed by atoms with Crippen LogP contribution in [-0.2, 0) is 16.4 Å². The lowest BCUT2D eigenvalue weighted by Gasteiger charge is -2.20. The Labute approximate surface area is 89.7 Å². The minimum absolute atomic E-state index is 0.349. The molecule has 5 heteroatoms. The molecule has 0 aromatic heterocycles. The van der Waals surface area contributed by atoms with Crippen molar-refractivity contribution < 1.29 is 8.42 Å². The van der Waals surface area contributed by atoms with Crippen molar-refractivity contribution in [2.24, 2.45) is 0 Å². The fraction of sp³-hybridized carbons (Fsp3) is 0.400. The molecule has 0 bridgehead atoms. The van der Waals surface area contributed by atoms with E-state index in [2.05, 4.69) is 10.0 Å². The van der Waals surface area contributed by atoms with E-state index in [1.165, 1.54) is 7.05 Å². The minimum atomic E-state index is -3.35. The highest BCUT2D eigenvalue weighted by Crippen LogP contribution is 2.28. The molecule has 1 aromatic rings. The monoisotopic (exact) mass is 226 g/mol. The first-order valence-electron chi connectivity index (χ1n) is 4.94. The summed E-state index contributed by atoms with van der Waals surface area (Å²) in [5, 5.41) is 3.15. The second-order valence-corrected chi connectivity index (χ2v) is 5.38. The average Bonchev–Trinajstić information content (AvgIpc) is 2.28. The molecule has 82 valence electrons. The van der Waals surface area contributed by atoms with Crippen molar-refractivity contribution in [2.45, 2.75) is 17.7 Å². The summed E-state index contributed by atoms with van der Waals surface area (Å²) in [4.78, 5) is 0.349. The first kappa shape index (κ1) is 10.4. The topological polar surface area (TPSA) is 58.2 Å². The summed E-state index contributed by atoms with van der Waals surface area (Å²) in [5.41, 5.74) is 1.84. The van der Waals surface area contributed by atoms with Gasteiger partial charge in [0.25, 0.3) is 0 Å². The standard InChI is InChI=1S/C10H14N2O2S/c1-11-15(13,14)9-6-2-4-8-5-3-7-12-10(8)9/h2,4,6,11-12H,3,5,7H2,1H3. The Hall–Kier alpha value is -1.07. The van der Waals surface area contributed by atoms with Crippen LogP contribution < -0.4 is 10.0 Å². The van der Waals surface area contributed by atoms with Gasteiger partial charge in [-0.05, 0) is 31.5 Å². The maximum Gasteiger partial charge on any atom is 0.242 e. The van der Waals surface area contributed by atoms with Crippen LogP contribution in [0.15, 0.2) is 23.1 Å². The quantitative estimate of drug-likeness (QED) is 0.789. The number of sulfonamides is 1. The van der Waals surface area contributed by atoms with Crippen LogP contribution in [0, 0.1) is 0 Å². The van der Waals surface area contributed by atoms with Gasteiger partial charge in [0, 0.05) is 6.54 Å². The third kappa shape index (κ3) is 1.85. The van der Waals surface area contributed by atoms with Gasteiger partial charge in [-0.1, -0.05) is 12.1 Å². The third-order valence-electron chi connectivity index (χ3n) is 2.60. The van der Waals surface area contributed by atoms with E-state index in [-0.39, 0.29) is 0 Å². The van der Waals surface area contributed by atoms with Crippen molar-refractivity contribution in [3.8, 4) is 0 Å². The number of anilines is 1. The number of hydrogen-bond acceptors (Lipinski definition) is 3. The molecule has 1 aromatic carbocycles. The molecule has 0 fully saturated rings. The SMILES string of the molecule is CNS(=O)(=O)c1cccc2c1NCCC2. The molecule has 0 aliphatic carbocycles. The highest BCUT2D eigenvalue weighted by molar-refractivity contribution is 7.89. The predicted octanol–water partition coefficient (Wildman–Crippen LogP) is 0.953. The van der Waals surface area contributed by atoms with E-state index in [4.69, 9.17) is 0 Å². The van der Waals surface area contributed by atoms with Crippen LogP contribution in [0.5, 0.6) is 0 Å². The molecule has 0 atom stereocenters. The smallest absolute Gasteiger partial charge is 0.242 e. The van der Waals surface area contributed by atoms with Crippen molar-refractivity contribution >= 4 is 15.7 Å². The van der Waals surface area contributed by atoms with Gasteiger partial charge < -0.3 is 5.32 Å². The number of hydrogen-bond donors (Lipinski definition) is 2. The number of para-hydroxylation sites is 1. The average molecular weight is 226 g/mol. The Morgan fingerprint density at radius 2 is 2.20 bits per heavy atom. The second-order valence-electron chi connectivity index (χ2n) is 3.53. The normalized spacial score (nSPS) is 15.5. The van der Waals surface area contributed by atoms with E-state index in [1.807, 2.05) is 6.07 Å². The summed E-state index contributed by atoms with van der Waals surface area (Å²) in [6.45, 7) is 0.837. The van der Waals surface area contributed by atoms with E-state index in [9.17, 15) is 8.42 Å². The van der Waals surface area contributed by atoms with Gasteiger partial charge in [-0.3, -0.25) is 0 Å². The molecule has 0 saturated carbocycles. The zero-order valence-electron chi connectivity index (χ0n) is 8.58. The van der Waals surface area contributed by atoms with Crippen LogP contribution >= 0.6 is 0 Å². The molecule has 1 aliphatic heterocycles. The summed E-state index contributed by atoms with van der Waals surface area (Å²) in [7, 11) is -1.92. The zero-order valence-corrected chi connectivity index (χ0v) is 9.39. The van der Waals surface area contributed by atoms with Crippen LogP contribution in [0.2, 0.25) is 0 Å². The van der Waals surface area contributed by atoms with Crippen molar-refractivity contribution in [3.05, 3.63) is 23.8 Å². The molecule has 0 radical (unpaired) electrons. The van der Waals surface area contributed by atoms with E-state index < -0.39 is 10.0 Å². The van der Waals surface area contributed by atoms with Gasteiger partial charge in [0.15, 0.2) is 0 Å². The number of benzene rings is 1. The lowest BCUT2D eigenvalue weighted by molar-refractivity contribution is 0.588. The summed E-state index contributed by atoms with van der Waals surface area (Å²) in [6, 6.07) is 5.38. The second kappa shape index (κ2) is 3.83. The third-order valence-corrected chi connectivity index (χ3v) is 4.05. The number of fused-ring (bicyclic) bond motifs is 1. The molecule has 15 heavy (non-hydrogen) atoms. The molecule has 0 saturated heterocycles. The fourth-order valence-corrected chi connectivity index (χ4v) is 2.76. The maximum atomic E-state index is 11.7. The Bertz CT molecular complexity index is 468. The Balaban J connectivity index is 2.58. The van der Waals surface area contributed by atoms with Crippen LogP contribution in [0.3, 0.4) is 0 Å². The van der Waals surface area contributed by atoms with Gasteiger partial charge in [-0.25, -0.2) is 13.1 Å². The predicted molar refractivity (Wildman–Crippen MR) is 59.5 cm³/mol. The highest BCUT2D eigenvalue weighted by Gasteiger charge is 2.20. The Morgan fingerprint density at radius 1 is 1.40 bits per heavy atom. The number of rotatable bonds is 2. The van der Waals surface area contributed by atoms with Gasteiger partial charge in [0.05, 0.1) is 5.69 Å². The van der Waals surface area contributed by atoms with Crippen LogP contribution in [0.1, 0.15) is 12.0 Å². The molecule has 2 N–H and O–H groups in total. The molecule has 0 spiro atoms. The van der Waals surface area contributed by atoms with Crippen LogP contribution in [0.4, 0.5) is 5.69 Å². The Kier molecular flexibility index (Phi) is 2.67.